The second-order valence-electron chi connectivity index (χ2n) is 4.45. The number of hydrogen-bond donors (Lipinski definition) is 0. The minimum absolute atomic E-state index is 0.223. The van der Waals surface area contributed by atoms with Gasteiger partial charge in [0.25, 0.3) is 0 Å². The Bertz CT molecular complexity index is 622. The number of nitriles is 1. The second kappa shape index (κ2) is 6.20. The van der Waals surface area contributed by atoms with Crippen LogP contribution in [0.3, 0.4) is 0 Å². The average Bonchev–Trinajstić information content (AvgIpc) is 2.45. The van der Waals surface area contributed by atoms with Crippen molar-refractivity contribution >= 4 is 0 Å². The van der Waals surface area contributed by atoms with Crippen molar-refractivity contribution in [1.29, 1.82) is 5.26 Å². The minimum Gasteiger partial charge on any atom is -0.236 e. The molecule has 1 aromatic carbocycles. The van der Waals surface area contributed by atoms with Crippen LogP contribution in [-0.4, -0.2) is 9.97 Å². The second-order valence-corrected chi connectivity index (χ2v) is 4.45. The van der Waals surface area contributed by atoms with Crippen LogP contribution in [0.5, 0.6) is 0 Å². The number of halogens is 2. The smallest absolute Gasteiger partial charge is 0.159 e. The maximum Gasteiger partial charge on any atom is 0.159 e. The predicted octanol–water partition coefficient (Wildman–Crippen LogP) is 3.64. The van der Waals surface area contributed by atoms with Crippen molar-refractivity contribution in [2.45, 2.75) is 26.2 Å². The molecule has 5 heteroatoms. The summed E-state index contributed by atoms with van der Waals surface area (Å²) in [5.74, 6) is -1.56. The van der Waals surface area contributed by atoms with Gasteiger partial charge in [-0.15, -0.1) is 0 Å². The molecule has 0 fully saturated rings. The van der Waals surface area contributed by atoms with Gasteiger partial charge in [0.1, 0.15) is 23.3 Å². The largest absolute Gasteiger partial charge is 0.236 e. The van der Waals surface area contributed by atoms with Crippen molar-refractivity contribution in [3.63, 3.8) is 0 Å². The van der Waals surface area contributed by atoms with Gasteiger partial charge in [-0.2, -0.15) is 5.26 Å². The molecule has 20 heavy (non-hydrogen) atoms. The highest BCUT2D eigenvalue weighted by Gasteiger charge is 2.13. The first-order valence-electron chi connectivity index (χ1n) is 6.36. The van der Waals surface area contributed by atoms with E-state index in [1.807, 2.05) is 0 Å². The Labute approximate surface area is 115 Å². The number of rotatable bonds is 4. The van der Waals surface area contributed by atoms with Crippen LogP contribution in [0, 0.1) is 23.0 Å². The number of aryl methyl sites for hydroxylation is 1. The molecule has 0 amide bonds. The first-order chi connectivity index (χ1) is 9.65. The molecular weight excluding hydrogens is 260 g/mol. The fraction of sp³-hybridized carbons (Fsp3) is 0.267. The fourth-order valence-corrected chi connectivity index (χ4v) is 1.82. The fourth-order valence-electron chi connectivity index (χ4n) is 1.82. The Morgan fingerprint density at radius 3 is 2.25 bits per heavy atom. The van der Waals surface area contributed by atoms with Crippen LogP contribution in [0.15, 0.2) is 24.5 Å². The topological polar surface area (TPSA) is 49.6 Å². The molecule has 0 atom stereocenters. The molecular formula is C15H13F2N3. The van der Waals surface area contributed by atoms with E-state index >= 15 is 0 Å². The van der Waals surface area contributed by atoms with Crippen molar-refractivity contribution in [1.82, 2.24) is 9.97 Å². The molecule has 0 saturated carbocycles. The normalized spacial score (nSPS) is 10.3. The molecule has 2 aromatic rings. The Hall–Kier alpha value is -2.35. The molecule has 0 radical (unpaired) electrons. The lowest BCUT2D eigenvalue weighted by Crippen LogP contribution is -1.96. The summed E-state index contributed by atoms with van der Waals surface area (Å²) in [6, 6.07) is 3.63. The molecule has 0 bridgehead atoms. The lowest BCUT2D eigenvalue weighted by Gasteiger charge is -2.04. The van der Waals surface area contributed by atoms with Gasteiger partial charge in [-0.25, -0.2) is 18.7 Å². The Balaban J connectivity index is 2.30. The summed E-state index contributed by atoms with van der Waals surface area (Å²) in [4.78, 5) is 8.22. The highest BCUT2D eigenvalue weighted by atomic mass is 19.1. The standard InChI is InChI=1S/C15H13F2N3/c1-2-3-4-10-8-19-15(20-9-10)11-5-13(16)12(7-18)14(17)6-11/h5-6,8-9H,2-4H2,1H3. The van der Waals surface area contributed by atoms with Gasteiger partial charge in [0.05, 0.1) is 0 Å². The van der Waals surface area contributed by atoms with E-state index in [1.54, 1.807) is 12.4 Å². The summed E-state index contributed by atoms with van der Waals surface area (Å²) in [6.07, 6.45) is 6.32. The lowest BCUT2D eigenvalue weighted by atomic mass is 10.1. The van der Waals surface area contributed by atoms with E-state index in [4.69, 9.17) is 5.26 Å². The summed E-state index contributed by atoms with van der Waals surface area (Å²) in [5.41, 5.74) is 0.625. The highest BCUT2D eigenvalue weighted by Crippen LogP contribution is 2.21. The van der Waals surface area contributed by atoms with Crippen LogP contribution < -0.4 is 0 Å². The molecule has 1 aromatic heterocycles. The van der Waals surface area contributed by atoms with Crippen molar-refractivity contribution in [2.75, 3.05) is 0 Å². The van der Waals surface area contributed by atoms with Crippen LogP contribution in [0.25, 0.3) is 11.4 Å². The van der Waals surface area contributed by atoms with Crippen molar-refractivity contribution in [3.05, 3.63) is 47.3 Å². The summed E-state index contributed by atoms with van der Waals surface area (Å²) >= 11 is 0. The number of unbranched alkanes of at least 4 members (excludes halogenated alkanes) is 1. The average molecular weight is 273 g/mol. The zero-order valence-electron chi connectivity index (χ0n) is 11.0. The van der Waals surface area contributed by atoms with E-state index in [0.717, 1.165) is 37.0 Å². The third-order valence-electron chi connectivity index (χ3n) is 2.94. The first-order valence-corrected chi connectivity index (χ1v) is 6.36. The van der Waals surface area contributed by atoms with Crippen LogP contribution in [0.1, 0.15) is 30.9 Å². The molecule has 0 N–H and O–H groups in total. The molecule has 0 spiro atoms. The predicted molar refractivity (Wildman–Crippen MR) is 70.7 cm³/mol. The van der Waals surface area contributed by atoms with Crippen LogP contribution >= 0.6 is 0 Å². The minimum atomic E-state index is -0.902. The van der Waals surface area contributed by atoms with Crippen molar-refractivity contribution in [2.24, 2.45) is 0 Å². The zero-order chi connectivity index (χ0) is 14.5. The monoisotopic (exact) mass is 273 g/mol. The number of nitrogens with zero attached hydrogens (tertiary/aromatic N) is 3. The molecule has 2 rings (SSSR count). The quantitative estimate of drug-likeness (QED) is 0.854. The van der Waals surface area contributed by atoms with E-state index in [2.05, 4.69) is 16.9 Å². The first kappa shape index (κ1) is 14.1. The number of aromatic nitrogens is 2. The Morgan fingerprint density at radius 2 is 1.75 bits per heavy atom. The van der Waals surface area contributed by atoms with Gasteiger partial charge in [0, 0.05) is 18.0 Å². The summed E-state index contributed by atoms with van der Waals surface area (Å²) in [6.45, 7) is 2.09. The Morgan fingerprint density at radius 1 is 1.15 bits per heavy atom. The lowest BCUT2D eigenvalue weighted by molar-refractivity contribution is 0.577. The van der Waals surface area contributed by atoms with E-state index in [-0.39, 0.29) is 11.4 Å². The molecule has 0 aliphatic heterocycles. The maximum absolute atomic E-state index is 13.5. The van der Waals surface area contributed by atoms with Gasteiger partial charge < -0.3 is 0 Å². The summed E-state index contributed by atoms with van der Waals surface area (Å²) < 4.78 is 27.0. The third kappa shape index (κ3) is 2.97. The van der Waals surface area contributed by atoms with Gasteiger partial charge >= 0.3 is 0 Å². The van der Waals surface area contributed by atoms with Gasteiger partial charge in [-0.1, -0.05) is 13.3 Å². The molecule has 3 nitrogen and oxygen atoms in total. The van der Waals surface area contributed by atoms with Crippen LogP contribution in [0.4, 0.5) is 8.78 Å². The SMILES string of the molecule is CCCCc1cnc(-c2cc(F)c(C#N)c(F)c2)nc1. The van der Waals surface area contributed by atoms with Crippen molar-refractivity contribution in [3.8, 4) is 17.5 Å². The van der Waals surface area contributed by atoms with E-state index in [9.17, 15) is 8.78 Å². The molecule has 0 saturated heterocycles. The molecule has 0 aliphatic rings. The van der Waals surface area contributed by atoms with Crippen molar-refractivity contribution < 1.29 is 8.78 Å². The van der Waals surface area contributed by atoms with E-state index < -0.39 is 17.2 Å². The van der Waals surface area contributed by atoms with Gasteiger partial charge in [-0.3, -0.25) is 0 Å². The molecule has 0 aliphatic carbocycles. The highest BCUT2D eigenvalue weighted by molar-refractivity contribution is 5.57. The molecule has 0 unspecified atom stereocenters. The van der Waals surface area contributed by atoms with Crippen LogP contribution in [-0.2, 0) is 6.42 Å². The zero-order valence-corrected chi connectivity index (χ0v) is 11.0. The third-order valence-corrected chi connectivity index (χ3v) is 2.94. The number of benzene rings is 1. The van der Waals surface area contributed by atoms with E-state index in [0.29, 0.717) is 0 Å². The summed E-state index contributed by atoms with van der Waals surface area (Å²) in [7, 11) is 0. The van der Waals surface area contributed by atoms with Gasteiger partial charge in [0.15, 0.2) is 5.82 Å². The Kier molecular flexibility index (Phi) is 4.36. The number of hydrogen-bond acceptors (Lipinski definition) is 3. The molecule has 1 heterocycles. The van der Waals surface area contributed by atoms with Gasteiger partial charge in [-0.05, 0) is 30.5 Å². The van der Waals surface area contributed by atoms with E-state index in [1.165, 1.54) is 6.07 Å². The summed E-state index contributed by atoms with van der Waals surface area (Å²) in [5, 5.41) is 8.62. The van der Waals surface area contributed by atoms with Crippen LogP contribution in [0.2, 0.25) is 0 Å². The molecule has 102 valence electrons. The maximum atomic E-state index is 13.5. The van der Waals surface area contributed by atoms with Gasteiger partial charge in [0.2, 0.25) is 0 Å².